The molecule has 0 aromatic carbocycles. The molecule has 10 heavy (non-hydrogen) atoms. The van der Waals surface area contributed by atoms with Crippen LogP contribution in [0.3, 0.4) is 0 Å². The summed E-state index contributed by atoms with van der Waals surface area (Å²) >= 11 is 0. The lowest BCUT2D eigenvalue weighted by atomic mass is 10.1. The molecule has 54 valence electrons. The van der Waals surface area contributed by atoms with E-state index >= 15 is 0 Å². The molecule has 0 N–H and O–H groups in total. The number of rotatable bonds is 2. The van der Waals surface area contributed by atoms with Gasteiger partial charge < -0.3 is 0 Å². The lowest BCUT2D eigenvalue weighted by molar-refractivity contribution is 0.923. The zero-order valence-electron chi connectivity index (χ0n) is 6.38. The monoisotopic (exact) mass is 135 g/mol. The Hall–Kier alpha value is -0.850. The highest BCUT2D eigenvalue weighted by atomic mass is 14.7. The van der Waals surface area contributed by atoms with E-state index in [0.29, 0.717) is 0 Å². The third-order valence-electron chi connectivity index (χ3n) is 1.46. The van der Waals surface area contributed by atoms with Crippen molar-refractivity contribution >= 4 is 6.21 Å². The Kier molecular flexibility index (Phi) is 2.94. The summed E-state index contributed by atoms with van der Waals surface area (Å²) in [7, 11) is 0. The molecule has 0 aromatic heterocycles. The van der Waals surface area contributed by atoms with Crippen LogP contribution >= 0.6 is 0 Å². The van der Waals surface area contributed by atoms with E-state index in [1.54, 1.807) is 0 Å². The highest BCUT2D eigenvalue weighted by Gasteiger charge is 1.90. The molecule has 1 heterocycles. The first-order valence-electron chi connectivity index (χ1n) is 3.80. The SMILES string of the molecule is CCCC1=CN=CCC=C1. The highest BCUT2D eigenvalue weighted by Crippen LogP contribution is 2.08. The molecule has 0 saturated heterocycles. The van der Waals surface area contributed by atoms with Crippen LogP contribution in [0.15, 0.2) is 28.9 Å². The summed E-state index contributed by atoms with van der Waals surface area (Å²) in [5, 5.41) is 0. The summed E-state index contributed by atoms with van der Waals surface area (Å²) in [6, 6.07) is 0. The van der Waals surface area contributed by atoms with E-state index in [2.05, 4.69) is 24.1 Å². The van der Waals surface area contributed by atoms with Crippen LogP contribution in [0.5, 0.6) is 0 Å². The van der Waals surface area contributed by atoms with Gasteiger partial charge in [0.1, 0.15) is 0 Å². The van der Waals surface area contributed by atoms with E-state index in [4.69, 9.17) is 0 Å². The van der Waals surface area contributed by atoms with Crippen LogP contribution in [0.2, 0.25) is 0 Å². The smallest absolute Gasteiger partial charge is 0.0295 e. The van der Waals surface area contributed by atoms with Crippen LogP contribution in [-0.2, 0) is 0 Å². The van der Waals surface area contributed by atoms with Gasteiger partial charge in [0.05, 0.1) is 0 Å². The second kappa shape index (κ2) is 4.04. The van der Waals surface area contributed by atoms with Gasteiger partial charge in [0.2, 0.25) is 0 Å². The van der Waals surface area contributed by atoms with E-state index in [-0.39, 0.29) is 0 Å². The van der Waals surface area contributed by atoms with E-state index < -0.39 is 0 Å². The number of hydrogen-bond acceptors (Lipinski definition) is 1. The van der Waals surface area contributed by atoms with Gasteiger partial charge in [-0.25, -0.2) is 0 Å². The van der Waals surface area contributed by atoms with Crippen molar-refractivity contribution in [3.8, 4) is 0 Å². The molecule has 0 amide bonds. The molecular formula is C9H13N. The number of hydrogen-bond donors (Lipinski definition) is 0. The molecule has 0 atom stereocenters. The maximum absolute atomic E-state index is 4.12. The number of allylic oxidation sites excluding steroid dienone is 3. The van der Waals surface area contributed by atoms with Gasteiger partial charge >= 0.3 is 0 Å². The van der Waals surface area contributed by atoms with E-state index in [1.807, 2.05) is 12.4 Å². The summed E-state index contributed by atoms with van der Waals surface area (Å²) < 4.78 is 0. The first-order chi connectivity index (χ1) is 4.93. The molecular weight excluding hydrogens is 122 g/mol. The van der Waals surface area contributed by atoms with Crippen molar-refractivity contribution < 1.29 is 0 Å². The number of aliphatic imine (C=N–C) groups is 1. The third-order valence-corrected chi connectivity index (χ3v) is 1.46. The van der Waals surface area contributed by atoms with Crippen molar-refractivity contribution in [2.45, 2.75) is 26.2 Å². The molecule has 1 rings (SSSR count). The van der Waals surface area contributed by atoms with E-state index in [0.717, 1.165) is 12.8 Å². The van der Waals surface area contributed by atoms with Crippen molar-refractivity contribution in [1.82, 2.24) is 0 Å². The molecule has 0 aliphatic carbocycles. The Balaban J connectivity index is 2.55. The Labute approximate surface area is 62.2 Å². The second-order valence-electron chi connectivity index (χ2n) is 2.42. The fourth-order valence-corrected chi connectivity index (χ4v) is 0.969. The fourth-order valence-electron chi connectivity index (χ4n) is 0.969. The molecule has 1 aliphatic heterocycles. The molecule has 1 aliphatic rings. The minimum Gasteiger partial charge on any atom is -0.268 e. The normalized spacial score (nSPS) is 16.7. The van der Waals surface area contributed by atoms with Crippen LogP contribution in [0.1, 0.15) is 26.2 Å². The molecule has 0 spiro atoms. The van der Waals surface area contributed by atoms with Crippen LogP contribution < -0.4 is 0 Å². The average molecular weight is 135 g/mol. The lowest BCUT2D eigenvalue weighted by Crippen LogP contribution is -1.74. The summed E-state index contributed by atoms with van der Waals surface area (Å²) in [5.74, 6) is 0. The first-order valence-corrected chi connectivity index (χ1v) is 3.80. The van der Waals surface area contributed by atoms with E-state index in [1.165, 1.54) is 12.0 Å². The molecule has 0 bridgehead atoms. The average Bonchev–Trinajstić information content (AvgIpc) is 2.17. The van der Waals surface area contributed by atoms with E-state index in [9.17, 15) is 0 Å². The van der Waals surface area contributed by atoms with Gasteiger partial charge in [0, 0.05) is 18.8 Å². The van der Waals surface area contributed by atoms with Crippen molar-refractivity contribution in [3.05, 3.63) is 23.9 Å². The molecule has 1 nitrogen and oxygen atoms in total. The summed E-state index contributed by atoms with van der Waals surface area (Å²) in [6.07, 6.45) is 11.5. The Morgan fingerprint density at radius 1 is 1.60 bits per heavy atom. The summed E-state index contributed by atoms with van der Waals surface area (Å²) in [5.41, 5.74) is 1.34. The standard InChI is InChI=1S/C9H13N/c1-2-5-9-6-3-4-7-10-8-9/h3,6-8H,2,4-5H2,1H3. The van der Waals surface area contributed by atoms with Gasteiger partial charge in [-0.05, 0) is 12.0 Å². The first kappa shape index (κ1) is 7.26. The zero-order valence-corrected chi connectivity index (χ0v) is 6.38. The fraction of sp³-hybridized carbons (Fsp3) is 0.444. The minimum atomic E-state index is 0.976. The molecule has 1 heteroatoms. The molecule has 0 fully saturated rings. The highest BCUT2D eigenvalue weighted by molar-refractivity contribution is 5.61. The van der Waals surface area contributed by atoms with Crippen LogP contribution in [0.4, 0.5) is 0 Å². The largest absolute Gasteiger partial charge is 0.268 e. The zero-order chi connectivity index (χ0) is 7.23. The lowest BCUT2D eigenvalue weighted by Gasteiger charge is -1.93. The van der Waals surface area contributed by atoms with Crippen molar-refractivity contribution in [2.75, 3.05) is 0 Å². The van der Waals surface area contributed by atoms with Crippen molar-refractivity contribution in [3.63, 3.8) is 0 Å². The quantitative estimate of drug-likeness (QED) is 0.552. The van der Waals surface area contributed by atoms with Crippen LogP contribution in [-0.4, -0.2) is 6.21 Å². The predicted molar refractivity (Wildman–Crippen MR) is 45.2 cm³/mol. The third kappa shape index (κ3) is 2.18. The topological polar surface area (TPSA) is 12.4 Å². The van der Waals surface area contributed by atoms with Gasteiger partial charge in [0.15, 0.2) is 0 Å². The van der Waals surface area contributed by atoms with Gasteiger partial charge in [-0.2, -0.15) is 0 Å². The van der Waals surface area contributed by atoms with Crippen LogP contribution in [0.25, 0.3) is 0 Å². The van der Waals surface area contributed by atoms with Crippen molar-refractivity contribution in [1.29, 1.82) is 0 Å². The molecule has 0 saturated carbocycles. The number of nitrogens with zero attached hydrogens (tertiary/aromatic N) is 1. The minimum absolute atomic E-state index is 0.976. The van der Waals surface area contributed by atoms with Crippen LogP contribution in [0, 0.1) is 0 Å². The maximum atomic E-state index is 4.12. The molecule has 0 radical (unpaired) electrons. The van der Waals surface area contributed by atoms with Gasteiger partial charge in [-0.3, -0.25) is 4.99 Å². The maximum Gasteiger partial charge on any atom is 0.0295 e. The van der Waals surface area contributed by atoms with Gasteiger partial charge in [-0.1, -0.05) is 25.5 Å². The van der Waals surface area contributed by atoms with Gasteiger partial charge in [-0.15, -0.1) is 0 Å². The predicted octanol–water partition coefficient (Wildman–Crippen LogP) is 2.70. The van der Waals surface area contributed by atoms with Gasteiger partial charge in [0.25, 0.3) is 0 Å². The Morgan fingerprint density at radius 2 is 2.50 bits per heavy atom. The van der Waals surface area contributed by atoms with Crippen molar-refractivity contribution in [2.24, 2.45) is 4.99 Å². The second-order valence-corrected chi connectivity index (χ2v) is 2.42. The Bertz CT molecular complexity index is 175. The molecule has 0 aromatic rings. The summed E-state index contributed by atoms with van der Waals surface area (Å²) in [4.78, 5) is 4.12. The molecule has 0 unspecified atom stereocenters. The Morgan fingerprint density at radius 3 is 3.30 bits per heavy atom. The summed E-state index contributed by atoms with van der Waals surface area (Å²) in [6.45, 7) is 2.18.